The van der Waals surface area contributed by atoms with Crippen LogP contribution < -0.4 is 4.74 Å². The summed E-state index contributed by atoms with van der Waals surface area (Å²) in [5.41, 5.74) is 2.20. The van der Waals surface area contributed by atoms with Crippen LogP contribution in [0.3, 0.4) is 0 Å². The maximum absolute atomic E-state index is 5.47. The van der Waals surface area contributed by atoms with Gasteiger partial charge in [-0.25, -0.2) is 0 Å². The topological polar surface area (TPSA) is 48.2 Å². The predicted molar refractivity (Wildman–Crippen MR) is 74.3 cm³/mol. The molecule has 3 rings (SSSR count). The van der Waals surface area contributed by atoms with E-state index >= 15 is 0 Å². The van der Waals surface area contributed by atoms with Gasteiger partial charge in [-0.1, -0.05) is 65.8 Å². The molecule has 4 nitrogen and oxygen atoms in total. The zero-order valence-electron chi connectivity index (χ0n) is 10.9. The van der Waals surface area contributed by atoms with Crippen molar-refractivity contribution < 1.29 is 9.15 Å². The molecule has 0 saturated heterocycles. The normalized spacial score (nSPS) is 10.4. The van der Waals surface area contributed by atoms with Crippen molar-refractivity contribution in [2.45, 2.75) is 13.0 Å². The second-order valence-electron chi connectivity index (χ2n) is 4.40. The molecule has 0 atom stereocenters. The Balaban J connectivity index is 1.60. The van der Waals surface area contributed by atoms with Gasteiger partial charge in [0.05, 0.1) is 6.42 Å². The van der Waals surface area contributed by atoms with Gasteiger partial charge in [0.25, 0.3) is 0 Å². The van der Waals surface area contributed by atoms with Crippen molar-refractivity contribution in [1.82, 2.24) is 10.2 Å². The van der Waals surface area contributed by atoms with Gasteiger partial charge in [-0.05, 0) is 11.1 Å². The minimum atomic E-state index is 0.208. The number of hydrogen-bond donors (Lipinski definition) is 0. The van der Waals surface area contributed by atoms with Gasteiger partial charge in [0.15, 0.2) is 0 Å². The van der Waals surface area contributed by atoms with Gasteiger partial charge in [0.1, 0.15) is 6.61 Å². The summed E-state index contributed by atoms with van der Waals surface area (Å²) < 4.78 is 10.9. The summed E-state index contributed by atoms with van der Waals surface area (Å²) in [4.78, 5) is 0. The summed E-state index contributed by atoms with van der Waals surface area (Å²) in [5.74, 6) is 0.555. The molecule has 100 valence electrons. The van der Waals surface area contributed by atoms with Gasteiger partial charge in [-0.2, -0.15) is 0 Å². The van der Waals surface area contributed by atoms with Crippen molar-refractivity contribution in [2.24, 2.45) is 0 Å². The summed E-state index contributed by atoms with van der Waals surface area (Å²) >= 11 is 0. The van der Waals surface area contributed by atoms with E-state index in [0.29, 0.717) is 18.9 Å². The molecule has 0 bridgehead atoms. The molecule has 0 aliphatic heterocycles. The Morgan fingerprint density at radius 3 is 2.15 bits per heavy atom. The van der Waals surface area contributed by atoms with E-state index in [4.69, 9.17) is 9.15 Å². The van der Waals surface area contributed by atoms with E-state index in [9.17, 15) is 0 Å². The standard InChI is InChI=1S/C16H14N2O2/c1-3-7-13(8-4-1)11-15-17-18-16(20-15)19-12-14-9-5-2-6-10-14/h1-10H,11-12H2. The average molecular weight is 266 g/mol. The van der Waals surface area contributed by atoms with Gasteiger partial charge in [-0.3, -0.25) is 0 Å². The van der Waals surface area contributed by atoms with Crippen LogP contribution in [0.4, 0.5) is 0 Å². The largest absolute Gasteiger partial charge is 0.444 e. The highest BCUT2D eigenvalue weighted by Gasteiger charge is 2.07. The molecule has 20 heavy (non-hydrogen) atoms. The van der Waals surface area contributed by atoms with Gasteiger partial charge < -0.3 is 9.15 Å². The Labute approximate surface area is 117 Å². The van der Waals surface area contributed by atoms with E-state index < -0.39 is 0 Å². The van der Waals surface area contributed by atoms with Crippen LogP contribution >= 0.6 is 0 Å². The van der Waals surface area contributed by atoms with Crippen LogP contribution in [0.25, 0.3) is 0 Å². The zero-order valence-corrected chi connectivity index (χ0v) is 10.9. The molecule has 0 saturated carbocycles. The first-order chi connectivity index (χ1) is 9.90. The molecule has 0 amide bonds. The summed E-state index contributed by atoms with van der Waals surface area (Å²) in [5, 5.41) is 7.87. The van der Waals surface area contributed by atoms with E-state index in [2.05, 4.69) is 10.2 Å². The third-order valence-electron chi connectivity index (χ3n) is 2.85. The first-order valence-electron chi connectivity index (χ1n) is 6.43. The van der Waals surface area contributed by atoms with Crippen LogP contribution in [0, 0.1) is 0 Å². The SMILES string of the molecule is c1ccc(COc2nnc(Cc3ccccc3)o2)cc1. The lowest BCUT2D eigenvalue weighted by Crippen LogP contribution is -1.94. The lowest BCUT2D eigenvalue weighted by atomic mass is 10.2. The van der Waals surface area contributed by atoms with Gasteiger partial charge in [0, 0.05) is 0 Å². The van der Waals surface area contributed by atoms with E-state index in [0.717, 1.165) is 11.1 Å². The molecule has 2 aromatic carbocycles. The fourth-order valence-electron chi connectivity index (χ4n) is 1.86. The van der Waals surface area contributed by atoms with Gasteiger partial charge in [0.2, 0.25) is 5.89 Å². The van der Waals surface area contributed by atoms with Crippen molar-refractivity contribution in [2.75, 3.05) is 0 Å². The number of hydrogen-bond acceptors (Lipinski definition) is 4. The highest BCUT2D eigenvalue weighted by molar-refractivity contribution is 5.18. The molecule has 0 aliphatic rings. The Morgan fingerprint density at radius 2 is 1.45 bits per heavy atom. The number of benzene rings is 2. The van der Waals surface area contributed by atoms with Gasteiger partial charge in [-0.15, -0.1) is 5.10 Å². The Hall–Kier alpha value is -2.62. The smallest absolute Gasteiger partial charge is 0.414 e. The first kappa shape index (κ1) is 12.4. The van der Waals surface area contributed by atoms with Crippen LogP contribution in [-0.2, 0) is 13.0 Å². The fourth-order valence-corrected chi connectivity index (χ4v) is 1.86. The van der Waals surface area contributed by atoms with Crippen LogP contribution in [-0.4, -0.2) is 10.2 Å². The van der Waals surface area contributed by atoms with Crippen LogP contribution in [0.5, 0.6) is 6.08 Å². The molecule has 4 heteroatoms. The first-order valence-corrected chi connectivity index (χ1v) is 6.43. The lowest BCUT2D eigenvalue weighted by molar-refractivity contribution is 0.215. The molecular weight excluding hydrogens is 252 g/mol. The molecule has 0 unspecified atom stereocenters. The Kier molecular flexibility index (Phi) is 3.73. The van der Waals surface area contributed by atoms with Gasteiger partial charge >= 0.3 is 6.08 Å². The second kappa shape index (κ2) is 6.02. The molecule has 0 spiro atoms. The second-order valence-corrected chi connectivity index (χ2v) is 4.40. The maximum atomic E-state index is 5.47. The average Bonchev–Trinajstić information content (AvgIpc) is 2.95. The zero-order chi connectivity index (χ0) is 13.6. The number of aromatic nitrogens is 2. The van der Waals surface area contributed by atoms with Crippen molar-refractivity contribution in [1.29, 1.82) is 0 Å². The molecule has 0 radical (unpaired) electrons. The number of rotatable bonds is 5. The summed E-state index contributed by atoms with van der Waals surface area (Å²) in [6, 6.07) is 19.9. The highest BCUT2D eigenvalue weighted by atomic mass is 16.6. The minimum Gasteiger partial charge on any atom is -0.444 e. The summed E-state index contributed by atoms with van der Waals surface area (Å²) in [6.07, 6.45) is 0.822. The lowest BCUT2D eigenvalue weighted by Gasteiger charge is -2.00. The number of ether oxygens (including phenoxy) is 1. The van der Waals surface area contributed by atoms with Crippen molar-refractivity contribution in [3.05, 3.63) is 77.7 Å². The maximum Gasteiger partial charge on any atom is 0.414 e. The quantitative estimate of drug-likeness (QED) is 0.711. The van der Waals surface area contributed by atoms with Crippen LogP contribution in [0.15, 0.2) is 65.1 Å². The molecule has 0 N–H and O–H groups in total. The molecule has 3 aromatic rings. The monoisotopic (exact) mass is 266 g/mol. The van der Waals surface area contributed by atoms with E-state index in [1.165, 1.54) is 0 Å². The van der Waals surface area contributed by atoms with E-state index in [1.54, 1.807) is 0 Å². The van der Waals surface area contributed by atoms with Crippen molar-refractivity contribution >= 4 is 0 Å². The van der Waals surface area contributed by atoms with Crippen LogP contribution in [0.1, 0.15) is 17.0 Å². The minimum absolute atomic E-state index is 0.208. The molecular formula is C16H14N2O2. The van der Waals surface area contributed by atoms with Crippen LogP contribution in [0.2, 0.25) is 0 Å². The summed E-state index contributed by atoms with van der Waals surface area (Å²) in [7, 11) is 0. The Morgan fingerprint density at radius 1 is 0.800 bits per heavy atom. The van der Waals surface area contributed by atoms with E-state index in [-0.39, 0.29) is 6.08 Å². The third-order valence-corrected chi connectivity index (χ3v) is 2.85. The predicted octanol–water partition coefficient (Wildman–Crippen LogP) is 3.24. The van der Waals surface area contributed by atoms with E-state index in [1.807, 2.05) is 60.7 Å². The highest BCUT2D eigenvalue weighted by Crippen LogP contribution is 2.14. The fraction of sp³-hybridized carbons (Fsp3) is 0.125. The number of nitrogens with zero attached hydrogens (tertiary/aromatic N) is 2. The molecule has 0 aliphatic carbocycles. The van der Waals surface area contributed by atoms with Crippen molar-refractivity contribution in [3.63, 3.8) is 0 Å². The third kappa shape index (κ3) is 3.23. The van der Waals surface area contributed by atoms with Crippen molar-refractivity contribution in [3.8, 4) is 6.08 Å². The molecule has 1 aromatic heterocycles. The Bertz CT molecular complexity index is 651. The molecule has 0 fully saturated rings. The molecule has 1 heterocycles. The summed E-state index contributed by atoms with van der Waals surface area (Å²) in [6.45, 7) is 0.424.